The molecule has 0 aliphatic carbocycles. The van der Waals surface area contributed by atoms with Gasteiger partial charge >= 0.3 is 0 Å². The number of rotatable bonds is 7. The number of nitrogens with one attached hydrogen (secondary N) is 1. The van der Waals surface area contributed by atoms with Crippen molar-refractivity contribution in [3.05, 3.63) is 35.4 Å². The fraction of sp³-hybridized carbons (Fsp3) is 0.625. The first-order valence-corrected chi connectivity index (χ1v) is 7.51. The molecule has 0 radical (unpaired) electrons. The predicted octanol–water partition coefficient (Wildman–Crippen LogP) is 3.96. The van der Waals surface area contributed by atoms with Gasteiger partial charge in [0, 0.05) is 18.2 Å². The second-order valence-corrected chi connectivity index (χ2v) is 5.36. The summed E-state index contributed by atoms with van der Waals surface area (Å²) in [5, 5.41) is 3.32. The van der Waals surface area contributed by atoms with Crippen LogP contribution in [0.5, 0.6) is 0 Å². The third-order valence-electron chi connectivity index (χ3n) is 3.80. The first-order valence-electron chi connectivity index (χ1n) is 7.51. The van der Waals surface area contributed by atoms with Gasteiger partial charge in [-0.3, -0.25) is 0 Å². The lowest BCUT2D eigenvalue weighted by atomic mass is 9.98. The van der Waals surface area contributed by atoms with Gasteiger partial charge in [-0.05, 0) is 44.7 Å². The van der Waals surface area contributed by atoms with Crippen LogP contribution < -0.4 is 5.32 Å². The molecule has 1 heterocycles. The van der Waals surface area contributed by atoms with Crippen LogP contribution in [0, 0.1) is 11.6 Å². The van der Waals surface area contributed by atoms with Gasteiger partial charge in [0.2, 0.25) is 0 Å². The molecule has 0 spiro atoms. The molecule has 2 unspecified atom stereocenters. The second kappa shape index (κ2) is 7.70. The van der Waals surface area contributed by atoms with Gasteiger partial charge in [-0.15, -0.1) is 0 Å². The summed E-state index contributed by atoms with van der Waals surface area (Å²) in [6.07, 6.45) is 5.08. The maximum absolute atomic E-state index is 13.9. The van der Waals surface area contributed by atoms with Crippen molar-refractivity contribution in [2.75, 3.05) is 13.2 Å². The molecule has 0 bridgehead atoms. The van der Waals surface area contributed by atoms with Crippen molar-refractivity contribution in [3.63, 3.8) is 0 Å². The summed E-state index contributed by atoms with van der Waals surface area (Å²) in [7, 11) is 0. The number of hydrogen-bond acceptors (Lipinski definition) is 2. The molecule has 0 saturated carbocycles. The Hall–Kier alpha value is -1.00. The highest BCUT2D eigenvalue weighted by Crippen LogP contribution is 2.26. The summed E-state index contributed by atoms with van der Waals surface area (Å²) < 4.78 is 32.9. The van der Waals surface area contributed by atoms with Gasteiger partial charge in [0.05, 0.1) is 6.10 Å². The largest absolute Gasteiger partial charge is 0.378 e. The average molecular weight is 283 g/mol. The van der Waals surface area contributed by atoms with Gasteiger partial charge in [0.1, 0.15) is 0 Å². The monoisotopic (exact) mass is 283 g/mol. The molecule has 1 N–H and O–H groups in total. The zero-order valence-corrected chi connectivity index (χ0v) is 12.0. The Bertz CT molecular complexity index is 419. The topological polar surface area (TPSA) is 21.3 Å². The zero-order valence-electron chi connectivity index (χ0n) is 12.0. The highest BCUT2D eigenvalue weighted by atomic mass is 19.2. The molecule has 1 aliphatic rings. The summed E-state index contributed by atoms with van der Waals surface area (Å²) in [5.41, 5.74) is 0.427. The van der Waals surface area contributed by atoms with Gasteiger partial charge in [0.15, 0.2) is 11.6 Å². The molecule has 0 aromatic heterocycles. The molecular formula is C16H23F2NO. The minimum Gasteiger partial charge on any atom is -0.378 e. The lowest BCUT2D eigenvalue weighted by Gasteiger charge is -2.21. The minimum absolute atomic E-state index is 0.144. The molecule has 2 atom stereocenters. The molecule has 20 heavy (non-hydrogen) atoms. The van der Waals surface area contributed by atoms with E-state index >= 15 is 0 Å². The third kappa shape index (κ3) is 4.00. The van der Waals surface area contributed by atoms with Crippen LogP contribution in [0.25, 0.3) is 0 Å². The molecule has 2 rings (SSSR count). The summed E-state index contributed by atoms with van der Waals surface area (Å²) in [5.74, 6) is -1.50. The van der Waals surface area contributed by atoms with E-state index in [-0.39, 0.29) is 12.1 Å². The summed E-state index contributed by atoms with van der Waals surface area (Å²) in [6, 6.07) is 4.26. The standard InChI is InChI=1S/C16H23F2NO/c1-2-10-19-15(9-8-12-5-4-11-20-12)13-6-3-7-14(17)16(13)18/h3,6-7,12,15,19H,2,4-5,8-11H2,1H3. The molecule has 112 valence electrons. The first kappa shape index (κ1) is 15.4. The van der Waals surface area contributed by atoms with Crippen molar-refractivity contribution < 1.29 is 13.5 Å². The van der Waals surface area contributed by atoms with Crippen LogP contribution in [0.15, 0.2) is 18.2 Å². The van der Waals surface area contributed by atoms with Crippen LogP contribution in [0.2, 0.25) is 0 Å². The Morgan fingerprint density at radius 1 is 1.40 bits per heavy atom. The zero-order chi connectivity index (χ0) is 14.4. The van der Waals surface area contributed by atoms with E-state index in [0.29, 0.717) is 5.56 Å². The maximum atomic E-state index is 13.9. The van der Waals surface area contributed by atoms with Gasteiger partial charge < -0.3 is 10.1 Å². The van der Waals surface area contributed by atoms with Crippen LogP contribution in [-0.4, -0.2) is 19.3 Å². The Balaban J connectivity index is 2.03. The smallest absolute Gasteiger partial charge is 0.163 e. The average Bonchev–Trinajstić information content (AvgIpc) is 2.96. The lowest BCUT2D eigenvalue weighted by Crippen LogP contribution is -2.24. The van der Waals surface area contributed by atoms with Crippen LogP contribution >= 0.6 is 0 Å². The highest BCUT2D eigenvalue weighted by molar-refractivity contribution is 5.22. The summed E-state index contributed by atoms with van der Waals surface area (Å²) in [4.78, 5) is 0. The van der Waals surface area contributed by atoms with Crippen LogP contribution in [0.4, 0.5) is 8.78 Å². The van der Waals surface area contributed by atoms with E-state index in [1.807, 2.05) is 0 Å². The van der Waals surface area contributed by atoms with E-state index in [1.54, 1.807) is 12.1 Å². The highest BCUT2D eigenvalue weighted by Gasteiger charge is 2.21. The van der Waals surface area contributed by atoms with Crippen LogP contribution in [0.3, 0.4) is 0 Å². The molecular weight excluding hydrogens is 260 g/mol. The molecule has 1 saturated heterocycles. The Morgan fingerprint density at radius 3 is 2.95 bits per heavy atom. The van der Waals surface area contributed by atoms with Crippen molar-refractivity contribution in [2.45, 2.75) is 51.2 Å². The Kier molecular flexibility index (Phi) is 5.92. The van der Waals surface area contributed by atoms with Crippen LogP contribution in [-0.2, 0) is 4.74 Å². The first-order chi connectivity index (χ1) is 9.72. The molecule has 1 aliphatic heterocycles. The van der Waals surface area contributed by atoms with E-state index in [9.17, 15) is 8.78 Å². The molecule has 1 fully saturated rings. The Labute approximate surface area is 119 Å². The maximum Gasteiger partial charge on any atom is 0.163 e. The molecule has 1 aromatic rings. The molecule has 4 heteroatoms. The molecule has 2 nitrogen and oxygen atoms in total. The van der Waals surface area contributed by atoms with E-state index in [0.717, 1.165) is 51.3 Å². The SMILES string of the molecule is CCCNC(CCC1CCCO1)c1cccc(F)c1F. The second-order valence-electron chi connectivity index (χ2n) is 5.36. The van der Waals surface area contributed by atoms with Gasteiger partial charge in [-0.2, -0.15) is 0 Å². The number of hydrogen-bond donors (Lipinski definition) is 1. The molecule has 1 aromatic carbocycles. The Morgan fingerprint density at radius 2 is 2.25 bits per heavy atom. The third-order valence-corrected chi connectivity index (χ3v) is 3.80. The summed E-state index contributed by atoms with van der Waals surface area (Å²) in [6.45, 7) is 3.68. The van der Waals surface area contributed by atoms with Crippen LogP contribution in [0.1, 0.15) is 50.6 Å². The predicted molar refractivity (Wildman–Crippen MR) is 75.6 cm³/mol. The van der Waals surface area contributed by atoms with Crippen molar-refractivity contribution in [2.24, 2.45) is 0 Å². The fourth-order valence-electron chi connectivity index (χ4n) is 2.70. The van der Waals surface area contributed by atoms with E-state index in [4.69, 9.17) is 4.74 Å². The van der Waals surface area contributed by atoms with Crippen molar-refractivity contribution in [3.8, 4) is 0 Å². The normalized spacial score (nSPS) is 20.2. The van der Waals surface area contributed by atoms with Crippen molar-refractivity contribution in [1.29, 1.82) is 0 Å². The lowest BCUT2D eigenvalue weighted by molar-refractivity contribution is 0.0994. The van der Waals surface area contributed by atoms with E-state index in [2.05, 4.69) is 12.2 Å². The summed E-state index contributed by atoms with van der Waals surface area (Å²) >= 11 is 0. The number of benzene rings is 1. The van der Waals surface area contributed by atoms with Crippen molar-refractivity contribution in [1.82, 2.24) is 5.32 Å². The number of halogens is 2. The van der Waals surface area contributed by atoms with Gasteiger partial charge in [-0.1, -0.05) is 19.1 Å². The van der Waals surface area contributed by atoms with E-state index < -0.39 is 11.6 Å². The van der Waals surface area contributed by atoms with Crippen molar-refractivity contribution >= 4 is 0 Å². The quantitative estimate of drug-likeness (QED) is 0.817. The van der Waals surface area contributed by atoms with E-state index in [1.165, 1.54) is 0 Å². The molecule has 0 amide bonds. The number of ether oxygens (including phenoxy) is 1. The van der Waals surface area contributed by atoms with Gasteiger partial charge in [-0.25, -0.2) is 8.78 Å². The van der Waals surface area contributed by atoms with Gasteiger partial charge in [0.25, 0.3) is 0 Å². The fourth-order valence-corrected chi connectivity index (χ4v) is 2.70. The minimum atomic E-state index is -0.775.